The average Bonchev–Trinajstić information content (AvgIpc) is 3.16. The zero-order valence-electron chi connectivity index (χ0n) is 24.7. The Bertz CT molecular complexity index is 1460. The minimum absolute atomic E-state index is 0.0897. The average molecular weight is 632 g/mol. The molecular weight excluding hydrogens is 598 g/mol. The van der Waals surface area contributed by atoms with Crippen molar-refractivity contribution in [3.63, 3.8) is 0 Å². The minimum Gasteiger partial charge on any atom is -0.405 e. The number of amides is 2. The van der Waals surface area contributed by atoms with Gasteiger partial charge in [0.1, 0.15) is 11.1 Å². The number of allylic oxidation sites excluding steroid dienone is 2. The van der Waals surface area contributed by atoms with E-state index in [2.05, 4.69) is 16.9 Å². The molecule has 0 bridgehead atoms. The van der Waals surface area contributed by atoms with Crippen LogP contribution in [-0.2, 0) is 22.2 Å². The Morgan fingerprint density at radius 3 is 2.32 bits per heavy atom. The zero-order valence-corrected chi connectivity index (χ0v) is 25.5. The maximum atomic E-state index is 15.1. The van der Waals surface area contributed by atoms with Crippen LogP contribution in [0, 0.1) is 28.5 Å². The number of rotatable bonds is 7. The highest BCUT2D eigenvalue weighted by molar-refractivity contribution is 7.81. The van der Waals surface area contributed by atoms with E-state index < -0.39 is 40.3 Å². The molecule has 9 nitrogen and oxygen atoms in total. The molecule has 0 radical (unpaired) electrons. The van der Waals surface area contributed by atoms with Crippen LogP contribution < -0.4 is 20.9 Å². The summed E-state index contributed by atoms with van der Waals surface area (Å²) in [6.45, 7) is 8.21. The fraction of sp³-hybridized carbons (Fsp3) is 0.333. The lowest BCUT2D eigenvalue weighted by Gasteiger charge is -2.29. The van der Waals surface area contributed by atoms with Crippen molar-refractivity contribution >= 4 is 40.5 Å². The number of anilines is 2. The summed E-state index contributed by atoms with van der Waals surface area (Å²) in [4.78, 5) is 31.0. The van der Waals surface area contributed by atoms with Gasteiger partial charge in [0.15, 0.2) is 10.9 Å². The molecule has 0 atom stereocenters. The monoisotopic (exact) mass is 631 g/mol. The highest BCUT2D eigenvalue weighted by Crippen LogP contribution is 2.41. The molecule has 3 rings (SSSR count). The molecule has 3 N–H and O–H groups in total. The summed E-state index contributed by atoms with van der Waals surface area (Å²) in [5.41, 5.74) is 1.21. The maximum Gasteiger partial charge on any atom is 0.420 e. The summed E-state index contributed by atoms with van der Waals surface area (Å²) >= 11 is 5.40. The number of pyridine rings is 1. The van der Waals surface area contributed by atoms with E-state index in [0.29, 0.717) is 42.0 Å². The first-order valence-electron chi connectivity index (χ1n) is 13.1. The van der Waals surface area contributed by atoms with Crippen molar-refractivity contribution in [1.29, 1.82) is 10.5 Å². The minimum atomic E-state index is -5.15. The van der Waals surface area contributed by atoms with Crippen LogP contribution in [0.4, 0.5) is 28.9 Å². The molecule has 2 heterocycles. The molecule has 1 aromatic heterocycles. The zero-order chi connectivity index (χ0) is 33.7. The molecule has 1 aromatic carbocycles. The van der Waals surface area contributed by atoms with Gasteiger partial charge in [-0.3, -0.25) is 19.5 Å². The van der Waals surface area contributed by atoms with E-state index in [1.165, 1.54) is 37.2 Å². The van der Waals surface area contributed by atoms with E-state index in [0.717, 1.165) is 12.1 Å². The number of aryl methyl sites for hydroxylation is 1. The van der Waals surface area contributed by atoms with Crippen LogP contribution in [-0.4, -0.2) is 34.5 Å². The number of nitrogens with zero attached hydrogens (tertiary/aromatic N) is 5. The van der Waals surface area contributed by atoms with Crippen molar-refractivity contribution in [2.75, 3.05) is 16.8 Å². The molecule has 0 unspecified atom stereocenters. The predicted molar refractivity (Wildman–Crippen MR) is 163 cm³/mol. The van der Waals surface area contributed by atoms with E-state index in [4.69, 9.17) is 28.5 Å². The Labute approximate surface area is 259 Å². The summed E-state index contributed by atoms with van der Waals surface area (Å²) in [5.74, 6) is -2.59. The molecule has 44 heavy (non-hydrogen) atoms. The van der Waals surface area contributed by atoms with Gasteiger partial charge in [-0.25, -0.2) is 4.39 Å². The van der Waals surface area contributed by atoms with Crippen molar-refractivity contribution in [3.05, 3.63) is 78.0 Å². The molecular formula is C30H33F4N7O2S. The van der Waals surface area contributed by atoms with Crippen LogP contribution in [0.3, 0.4) is 0 Å². The summed E-state index contributed by atoms with van der Waals surface area (Å²) < 4.78 is 55.5. The molecule has 2 amide bonds. The van der Waals surface area contributed by atoms with Gasteiger partial charge >= 0.3 is 6.18 Å². The van der Waals surface area contributed by atoms with E-state index in [9.17, 15) is 22.8 Å². The van der Waals surface area contributed by atoms with Gasteiger partial charge in [-0.2, -0.15) is 23.7 Å². The number of hydrogen-bond acceptors (Lipinski definition) is 7. The SMILES string of the molecule is C/C=C\N.C=CCC#N.CNC(=O)CCCc1ccc(N2C(=S)N(c3ccc(C#N)c(C(F)(F)F)c3F)C(=O)C2(C)C)cn1. The number of hydrogen-bond donors (Lipinski definition) is 2. The lowest BCUT2D eigenvalue weighted by atomic mass is 10.0. The van der Waals surface area contributed by atoms with E-state index in [1.807, 2.05) is 13.0 Å². The molecule has 0 aliphatic carbocycles. The summed E-state index contributed by atoms with van der Waals surface area (Å²) in [6, 6.07) is 8.30. The molecule has 2 aromatic rings. The van der Waals surface area contributed by atoms with Crippen LogP contribution in [0.25, 0.3) is 0 Å². The van der Waals surface area contributed by atoms with E-state index in [1.54, 1.807) is 31.3 Å². The molecule has 0 spiro atoms. The fourth-order valence-electron chi connectivity index (χ4n) is 3.87. The van der Waals surface area contributed by atoms with Gasteiger partial charge in [0.25, 0.3) is 5.91 Å². The third-order valence-corrected chi connectivity index (χ3v) is 6.41. The Hall–Kier alpha value is -4.82. The van der Waals surface area contributed by atoms with E-state index >= 15 is 4.39 Å². The second-order valence-corrected chi connectivity index (χ2v) is 9.82. The Morgan fingerprint density at radius 2 is 1.89 bits per heavy atom. The van der Waals surface area contributed by atoms with Crippen LogP contribution in [0.2, 0.25) is 0 Å². The Balaban J connectivity index is 0.000000944. The molecule has 1 aliphatic rings. The molecule has 234 valence electrons. The number of nitrogens with one attached hydrogen (secondary N) is 1. The number of carbonyl (C=O) groups excluding carboxylic acids is 2. The third kappa shape index (κ3) is 9.09. The lowest BCUT2D eigenvalue weighted by molar-refractivity contribution is -0.140. The molecule has 1 saturated heterocycles. The maximum absolute atomic E-state index is 15.1. The van der Waals surface area contributed by atoms with Crippen molar-refractivity contribution in [1.82, 2.24) is 10.3 Å². The molecule has 1 fully saturated rings. The van der Waals surface area contributed by atoms with Crippen molar-refractivity contribution in [2.24, 2.45) is 5.73 Å². The third-order valence-electron chi connectivity index (χ3n) is 6.05. The number of carbonyl (C=O) groups is 2. The van der Waals surface area contributed by atoms with Gasteiger partial charge in [0.05, 0.1) is 41.7 Å². The number of nitriles is 2. The second-order valence-electron chi connectivity index (χ2n) is 9.46. The van der Waals surface area contributed by atoms with Gasteiger partial charge < -0.3 is 16.0 Å². The first-order valence-corrected chi connectivity index (χ1v) is 13.5. The number of benzene rings is 1. The predicted octanol–water partition coefficient (Wildman–Crippen LogP) is 5.66. The largest absolute Gasteiger partial charge is 0.420 e. The lowest BCUT2D eigenvalue weighted by Crippen LogP contribution is -2.44. The summed E-state index contributed by atoms with van der Waals surface area (Å²) in [5, 5.41) is 19.0. The normalized spacial score (nSPS) is 13.7. The van der Waals surface area contributed by atoms with Gasteiger partial charge in [-0.05, 0) is 76.3 Å². The Morgan fingerprint density at radius 1 is 1.25 bits per heavy atom. The number of alkyl halides is 3. The summed E-state index contributed by atoms with van der Waals surface area (Å²) in [6.07, 6.45) is 3.05. The highest BCUT2D eigenvalue weighted by atomic mass is 32.1. The van der Waals surface area contributed by atoms with Crippen molar-refractivity contribution in [2.45, 2.75) is 58.2 Å². The fourth-order valence-corrected chi connectivity index (χ4v) is 4.38. The van der Waals surface area contributed by atoms with Gasteiger partial charge in [-0.1, -0.05) is 12.2 Å². The molecule has 14 heteroatoms. The van der Waals surface area contributed by atoms with Gasteiger partial charge in [0.2, 0.25) is 5.91 Å². The number of aromatic nitrogens is 1. The smallest absolute Gasteiger partial charge is 0.405 e. The van der Waals surface area contributed by atoms with Gasteiger partial charge in [0, 0.05) is 19.2 Å². The highest BCUT2D eigenvalue weighted by Gasteiger charge is 2.52. The number of halogens is 4. The second kappa shape index (κ2) is 16.7. The van der Waals surface area contributed by atoms with E-state index in [-0.39, 0.29) is 11.0 Å². The van der Waals surface area contributed by atoms with Crippen LogP contribution >= 0.6 is 12.2 Å². The molecule has 0 saturated carbocycles. The van der Waals surface area contributed by atoms with Crippen LogP contribution in [0.15, 0.2) is 55.4 Å². The van der Waals surface area contributed by atoms with Crippen LogP contribution in [0.5, 0.6) is 0 Å². The number of nitrogens with two attached hydrogens (primary N) is 1. The quantitative estimate of drug-likeness (QED) is 0.227. The first kappa shape index (κ1) is 37.2. The van der Waals surface area contributed by atoms with Crippen LogP contribution in [0.1, 0.15) is 56.9 Å². The Kier molecular flexibility index (Phi) is 14.1. The van der Waals surface area contributed by atoms with Crippen molar-refractivity contribution < 1.29 is 27.2 Å². The standard InChI is InChI=1S/C23H21F4N5O2S.C4H5N.C3H7N/c1-22(2)20(34)31(16-10-7-13(11-28)18(19(16)24)23(25,26)27)21(35)32(22)15-9-8-14(30-12-15)5-4-6-17(33)29-3;1-2-3-4-5;1-2-3-4/h7-10,12H,4-6H2,1-3H3,(H,29,33);2H,1,3H2;2-3H,4H2,1H3/b;;3-2-. The first-order chi connectivity index (χ1) is 20.7. The summed E-state index contributed by atoms with van der Waals surface area (Å²) in [7, 11) is 1.55. The van der Waals surface area contributed by atoms with Gasteiger partial charge in [-0.15, -0.1) is 6.58 Å². The number of thiocarbonyl (C=S) groups is 1. The topological polar surface area (TPSA) is 139 Å². The van der Waals surface area contributed by atoms with Crippen molar-refractivity contribution in [3.8, 4) is 12.1 Å². The molecule has 1 aliphatic heterocycles.